The van der Waals surface area contributed by atoms with Gasteiger partial charge in [0.15, 0.2) is 5.96 Å². The number of benzene rings is 1. The SMILES string of the molecule is CN=C(NCCc1cccs1)NC1CC1c1ccc(Br)cc1.I. The Morgan fingerprint density at radius 2 is 2.09 bits per heavy atom. The van der Waals surface area contributed by atoms with Gasteiger partial charge in [0.2, 0.25) is 0 Å². The molecule has 0 aliphatic heterocycles. The molecule has 1 heterocycles. The third kappa shape index (κ3) is 5.46. The van der Waals surface area contributed by atoms with Gasteiger partial charge in [-0.15, -0.1) is 35.3 Å². The summed E-state index contributed by atoms with van der Waals surface area (Å²) >= 11 is 5.29. The molecule has 1 fully saturated rings. The first-order valence-electron chi connectivity index (χ1n) is 7.51. The van der Waals surface area contributed by atoms with Crippen molar-refractivity contribution in [2.45, 2.75) is 24.8 Å². The Morgan fingerprint density at radius 3 is 2.74 bits per heavy atom. The van der Waals surface area contributed by atoms with Crippen LogP contribution in [0.1, 0.15) is 22.8 Å². The van der Waals surface area contributed by atoms with E-state index in [2.05, 4.69) is 73.3 Å². The van der Waals surface area contributed by atoms with Crippen molar-refractivity contribution >= 4 is 57.2 Å². The third-order valence-corrected chi connectivity index (χ3v) is 5.34. The van der Waals surface area contributed by atoms with Crippen molar-refractivity contribution in [3.63, 3.8) is 0 Å². The van der Waals surface area contributed by atoms with Crippen LogP contribution < -0.4 is 10.6 Å². The van der Waals surface area contributed by atoms with Crippen molar-refractivity contribution in [1.29, 1.82) is 0 Å². The molecule has 2 atom stereocenters. The topological polar surface area (TPSA) is 36.4 Å². The van der Waals surface area contributed by atoms with Crippen molar-refractivity contribution in [2.24, 2.45) is 4.99 Å². The minimum absolute atomic E-state index is 0. The number of nitrogens with zero attached hydrogens (tertiary/aromatic N) is 1. The van der Waals surface area contributed by atoms with E-state index in [1.54, 1.807) is 11.3 Å². The first-order valence-corrected chi connectivity index (χ1v) is 9.18. The minimum atomic E-state index is 0. The van der Waals surface area contributed by atoms with Gasteiger partial charge in [0, 0.05) is 34.9 Å². The van der Waals surface area contributed by atoms with E-state index >= 15 is 0 Å². The molecule has 1 aliphatic rings. The predicted molar refractivity (Wildman–Crippen MR) is 113 cm³/mol. The van der Waals surface area contributed by atoms with Gasteiger partial charge in [-0.2, -0.15) is 0 Å². The number of aliphatic imine (C=N–C) groups is 1. The van der Waals surface area contributed by atoms with E-state index in [1.807, 2.05) is 7.05 Å². The smallest absolute Gasteiger partial charge is 0.191 e. The van der Waals surface area contributed by atoms with Crippen LogP contribution in [0.5, 0.6) is 0 Å². The first kappa shape index (κ1) is 18.7. The monoisotopic (exact) mass is 505 g/mol. The largest absolute Gasteiger partial charge is 0.356 e. The Labute approximate surface area is 167 Å². The first-order chi connectivity index (χ1) is 10.8. The van der Waals surface area contributed by atoms with Crippen LogP contribution in [0.3, 0.4) is 0 Å². The van der Waals surface area contributed by atoms with E-state index in [9.17, 15) is 0 Å². The third-order valence-electron chi connectivity index (χ3n) is 3.88. The molecule has 6 heteroatoms. The summed E-state index contributed by atoms with van der Waals surface area (Å²) in [5.74, 6) is 1.50. The molecule has 1 aromatic heterocycles. The van der Waals surface area contributed by atoms with Gasteiger partial charge in [-0.05, 0) is 42.0 Å². The summed E-state index contributed by atoms with van der Waals surface area (Å²) in [6.45, 7) is 0.913. The van der Waals surface area contributed by atoms with E-state index < -0.39 is 0 Å². The summed E-state index contributed by atoms with van der Waals surface area (Å²) in [6, 6.07) is 13.4. The van der Waals surface area contributed by atoms with Crippen molar-refractivity contribution in [3.8, 4) is 0 Å². The van der Waals surface area contributed by atoms with E-state index in [-0.39, 0.29) is 24.0 Å². The number of guanidine groups is 1. The zero-order valence-corrected chi connectivity index (χ0v) is 17.7. The number of hydrogen-bond donors (Lipinski definition) is 2. The van der Waals surface area contributed by atoms with Crippen LogP contribution in [0.4, 0.5) is 0 Å². The van der Waals surface area contributed by atoms with E-state index in [0.29, 0.717) is 12.0 Å². The van der Waals surface area contributed by atoms with Crippen molar-refractivity contribution in [2.75, 3.05) is 13.6 Å². The molecule has 2 N–H and O–H groups in total. The molecule has 23 heavy (non-hydrogen) atoms. The predicted octanol–water partition coefficient (Wildman–Crippen LogP) is 4.39. The Hall–Kier alpha value is -0.600. The van der Waals surface area contributed by atoms with Gasteiger partial charge >= 0.3 is 0 Å². The molecule has 1 saturated carbocycles. The maximum Gasteiger partial charge on any atom is 0.191 e. The number of rotatable bonds is 5. The molecular formula is C17H21BrIN3S. The molecule has 0 radical (unpaired) electrons. The molecule has 124 valence electrons. The van der Waals surface area contributed by atoms with Gasteiger partial charge in [0.25, 0.3) is 0 Å². The van der Waals surface area contributed by atoms with Gasteiger partial charge in [-0.3, -0.25) is 4.99 Å². The summed E-state index contributed by atoms with van der Waals surface area (Å²) in [6.07, 6.45) is 2.21. The van der Waals surface area contributed by atoms with Gasteiger partial charge < -0.3 is 10.6 Å². The molecule has 0 bridgehead atoms. The van der Waals surface area contributed by atoms with Gasteiger partial charge in [0.1, 0.15) is 0 Å². The summed E-state index contributed by atoms with van der Waals surface area (Å²) in [5, 5.41) is 9.03. The molecular weight excluding hydrogens is 485 g/mol. The molecule has 0 saturated heterocycles. The summed E-state index contributed by atoms with van der Waals surface area (Å²) in [7, 11) is 1.83. The highest BCUT2D eigenvalue weighted by Gasteiger charge is 2.38. The fraction of sp³-hybridized carbons (Fsp3) is 0.353. The van der Waals surface area contributed by atoms with E-state index in [0.717, 1.165) is 23.4 Å². The zero-order valence-electron chi connectivity index (χ0n) is 13.0. The van der Waals surface area contributed by atoms with Crippen molar-refractivity contribution in [1.82, 2.24) is 10.6 Å². The molecule has 3 rings (SSSR count). The van der Waals surface area contributed by atoms with Crippen LogP contribution in [0.15, 0.2) is 51.2 Å². The molecule has 3 nitrogen and oxygen atoms in total. The highest BCUT2D eigenvalue weighted by Crippen LogP contribution is 2.40. The lowest BCUT2D eigenvalue weighted by Crippen LogP contribution is -2.39. The maximum absolute atomic E-state index is 4.32. The summed E-state index contributed by atoms with van der Waals surface area (Å²) in [4.78, 5) is 5.72. The fourth-order valence-corrected chi connectivity index (χ4v) is 3.54. The highest BCUT2D eigenvalue weighted by molar-refractivity contribution is 14.0. The molecule has 2 unspecified atom stereocenters. The highest BCUT2D eigenvalue weighted by atomic mass is 127. The Morgan fingerprint density at radius 1 is 1.30 bits per heavy atom. The van der Waals surface area contributed by atoms with Crippen LogP contribution in [-0.4, -0.2) is 25.6 Å². The van der Waals surface area contributed by atoms with Gasteiger partial charge in [0.05, 0.1) is 0 Å². The lowest BCUT2D eigenvalue weighted by molar-refractivity contribution is 0.783. The maximum atomic E-state index is 4.32. The van der Waals surface area contributed by atoms with Crippen LogP contribution >= 0.6 is 51.2 Å². The van der Waals surface area contributed by atoms with Crippen LogP contribution in [0.2, 0.25) is 0 Å². The van der Waals surface area contributed by atoms with Crippen molar-refractivity contribution < 1.29 is 0 Å². The van der Waals surface area contributed by atoms with E-state index in [1.165, 1.54) is 16.9 Å². The molecule has 0 amide bonds. The Kier molecular flexibility index (Phi) is 7.36. The average molecular weight is 506 g/mol. The number of thiophene rings is 1. The second-order valence-corrected chi connectivity index (χ2v) is 7.42. The van der Waals surface area contributed by atoms with Crippen LogP contribution in [0, 0.1) is 0 Å². The minimum Gasteiger partial charge on any atom is -0.356 e. The van der Waals surface area contributed by atoms with Crippen LogP contribution in [-0.2, 0) is 6.42 Å². The number of hydrogen-bond acceptors (Lipinski definition) is 2. The lowest BCUT2D eigenvalue weighted by Gasteiger charge is -2.11. The second-order valence-electron chi connectivity index (χ2n) is 5.47. The molecule has 0 spiro atoms. The number of halogens is 2. The van der Waals surface area contributed by atoms with Crippen LogP contribution in [0.25, 0.3) is 0 Å². The summed E-state index contributed by atoms with van der Waals surface area (Å²) < 4.78 is 1.13. The zero-order chi connectivity index (χ0) is 15.4. The van der Waals surface area contributed by atoms with Gasteiger partial charge in [-0.25, -0.2) is 0 Å². The average Bonchev–Trinajstić information content (AvgIpc) is 3.09. The number of nitrogens with one attached hydrogen (secondary N) is 2. The Bertz CT molecular complexity index is 628. The van der Waals surface area contributed by atoms with Gasteiger partial charge in [-0.1, -0.05) is 34.1 Å². The quantitative estimate of drug-likeness (QED) is 0.359. The lowest BCUT2D eigenvalue weighted by atomic mass is 10.1. The normalized spacial score (nSPS) is 19.8. The second kappa shape index (κ2) is 9.03. The molecule has 2 aromatic rings. The summed E-state index contributed by atoms with van der Waals surface area (Å²) in [5.41, 5.74) is 1.40. The van der Waals surface area contributed by atoms with Crippen molar-refractivity contribution in [3.05, 3.63) is 56.7 Å². The Balaban J connectivity index is 0.00000192. The molecule has 1 aliphatic carbocycles. The standard InChI is InChI=1S/C17H20BrN3S.HI/c1-19-17(20-9-8-14-3-2-10-22-14)21-16-11-15(16)12-4-6-13(18)7-5-12;/h2-7,10,15-16H,8-9,11H2,1H3,(H2,19,20,21);1H. The fourth-order valence-electron chi connectivity index (χ4n) is 2.56. The van der Waals surface area contributed by atoms with E-state index in [4.69, 9.17) is 0 Å². The molecule has 1 aromatic carbocycles.